The van der Waals surface area contributed by atoms with Crippen molar-refractivity contribution < 1.29 is 8.42 Å². The first kappa shape index (κ1) is 14.0. The summed E-state index contributed by atoms with van der Waals surface area (Å²) in [6.45, 7) is 4.17. The lowest BCUT2D eigenvalue weighted by Crippen LogP contribution is -2.30. The molecule has 1 atom stereocenters. The van der Waals surface area contributed by atoms with Gasteiger partial charge in [0.25, 0.3) is 10.2 Å². The van der Waals surface area contributed by atoms with Crippen molar-refractivity contribution in [2.75, 3.05) is 11.3 Å². The minimum Gasteiger partial charge on any atom is -0.324 e. The molecule has 5 nitrogen and oxygen atoms in total. The zero-order chi connectivity index (χ0) is 12.9. The van der Waals surface area contributed by atoms with Crippen molar-refractivity contribution in [1.82, 2.24) is 4.72 Å². The molecule has 0 saturated heterocycles. The molecule has 4 N–H and O–H groups in total. The van der Waals surface area contributed by atoms with Gasteiger partial charge in [0.2, 0.25) is 0 Å². The van der Waals surface area contributed by atoms with Crippen LogP contribution in [0.5, 0.6) is 0 Å². The van der Waals surface area contributed by atoms with Crippen molar-refractivity contribution in [2.24, 2.45) is 5.73 Å². The van der Waals surface area contributed by atoms with Gasteiger partial charge in [0.1, 0.15) is 0 Å². The predicted molar refractivity (Wildman–Crippen MR) is 69.9 cm³/mol. The first-order valence-electron chi connectivity index (χ1n) is 5.57. The topological polar surface area (TPSA) is 84.2 Å². The van der Waals surface area contributed by atoms with Crippen LogP contribution in [0.15, 0.2) is 24.3 Å². The van der Waals surface area contributed by atoms with Crippen molar-refractivity contribution in [3.63, 3.8) is 0 Å². The number of hydrogen-bond acceptors (Lipinski definition) is 3. The molecule has 0 aromatic heterocycles. The lowest BCUT2D eigenvalue weighted by atomic mass is 10.1. The smallest absolute Gasteiger partial charge is 0.299 e. The number of nitrogens with two attached hydrogens (primary N) is 1. The molecule has 0 aliphatic rings. The van der Waals surface area contributed by atoms with Gasteiger partial charge in [-0.1, -0.05) is 19.1 Å². The van der Waals surface area contributed by atoms with E-state index in [0.29, 0.717) is 12.2 Å². The predicted octanol–water partition coefficient (Wildman–Crippen LogP) is 1.36. The van der Waals surface area contributed by atoms with E-state index in [2.05, 4.69) is 9.44 Å². The van der Waals surface area contributed by atoms with Gasteiger partial charge in [-0.15, -0.1) is 0 Å². The molecule has 1 aromatic carbocycles. The second kappa shape index (κ2) is 6.00. The Morgan fingerprint density at radius 3 is 2.71 bits per heavy atom. The standard InChI is InChI=1S/C11H19N3O2S/c1-3-7-13-17(15,16)14-11-6-4-5-10(8-11)9(2)12/h4-6,8-9,13-14H,3,7,12H2,1-2H3. The molecule has 96 valence electrons. The van der Waals surface area contributed by atoms with E-state index in [1.54, 1.807) is 18.2 Å². The Kier molecular flexibility index (Phi) is 4.92. The van der Waals surface area contributed by atoms with Crippen LogP contribution in [0.4, 0.5) is 5.69 Å². The Morgan fingerprint density at radius 1 is 1.41 bits per heavy atom. The molecule has 17 heavy (non-hydrogen) atoms. The van der Waals surface area contributed by atoms with Gasteiger partial charge in [-0.2, -0.15) is 13.1 Å². The summed E-state index contributed by atoms with van der Waals surface area (Å²) < 4.78 is 28.1. The highest BCUT2D eigenvalue weighted by molar-refractivity contribution is 7.90. The van der Waals surface area contributed by atoms with E-state index in [1.165, 1.54) is 0 Å². The van der Waals surface area contributed by atoms with Crippen LogP contribution in [-0.2, 0) is 10.2 Å². The van der Waals surface area contributed by atoms with E-state index in [-0.39, 0.29) is 6.04 Å². The van der Waals surface area contributed by atoms with Crippen LogP contribution >= 0.6 is 0 Å². The molecule has 0 saturated carbocycles. The summed E-state index contributed by atoms with van der Waals surface area (Å²) in [5.74, 6) is 0. The SMILES string of the molecule is CCCNS(=O)(=O)Nc1cccc(C(C)N)c1. The second-order valence-corrected chi connectivity index (χ2v) is 5.41. The molecule has 0 amide bonds. The molecule has 0 aliphatic carbocycles. The van der Waals surface area contributed by atoms with Gasteiger partial charge in [0.05, 0.1) is 5.69 Å². The van der Waals surface area contributed by atoms with Gasteiger partial charge in [0.15, 0.2) is 0 Å². The fourth-order valence-corrected chi connectivity index (χ4v) is 2.30. The van der Waals surface area contributed by atoms with Gasteiger partial charge in [-0.05, 0) is 31.0 Å². The van der Waals surface area contributed by atoms with Crippen LogP contribution in [0.2, 0.25) is 0 Å². The van der Waals surface area contributed by atoms with E-state index in [9.17, 15) is 8.42 Å². The minimum absolute atomic E-state index is 0.122. The molecule has 0 spiro atoms. The van der Waals surface area contributed by atoms with Crippen LogP contribution in [0.25, 0.3) is 0 Å². The van der Waals surface area contributed by atoms with Crippen molar-refractivity contribution in [3.8, 4) is 0 Å². The van der Waals surface area contributed by atoms with E-state index in [1.807, 2.05) is 19.9 Å². The molecule has 0 heterocycles. The Bertz CT molecular complexity index is 458. The lowest BCUT2D eigenvalue weighted by Gasteiger charge is -2.11. The number of nitrogens with one attached hydrogen (secondary N) is 2. The van der Waals surface area contributed by atoms with Gasteiger partial charge in [-0.25, -0.2) is 0 Å². The summed E-state index contributed by atoms with van der Waals surface area (Å²) in [6, 6.07) is 6.94. The summed E-state index contributed by atoms with van der Waals surface area (Å²) in [4.78, 5) is 0. The first-order valence-corrected chi connectivity index (χ1v) is 7.06. The summed E-state index contributed by atoms with van der Waals surface area (Å²) in [5.41, 5.74) is 7.14. The van der Waals surface area contributed by atoms with Gasteiger partial charge in [-0.3, -0.25) is 4.72 Å². The lowest BCUT2D eigenvalue weighted by molar-refractivity contribution is 0.586. The quantitative estimate of drug-likeness (QED) is 0.719. The van der Waals surface area contributed by atoms with Crippen LogP contribution < -0.4 is 15.2 Å². The fourth-order valence-electron chi connectivity index (χ4n) is 1.31. The first-order chi connectivity index (χ1) is 7.94. The molecule has 0 bridgehead atoms. The average molecular weight is 257 g/mol. The molecular formula is C11H19N3O2S. The fraction of sp³-hybridized carbons (Fsp3) is 0.455. The third kappa shape index (κ3) is 4.72. The maximum absolute atomic E-state index is 11.6. The summed E-state index contributed by atoms with van der Waals surface area (Å²) in [5, 5.41) is 0. The largest absolute Gasteiger partial charge is 0.324 e. The summed E-state index contributed by atoms with van der Waals surface area (Å²) >= 11 is 0. The monoisotopic (exact) mass is 257 g/mol. The maximum atomic E-state index is 11.6. The van der Waals surface area contributed by atoms with Gasteiger partial charge in [0, 0.05) is 12.6 Å². The van der Waals surface area contributed by atoms with Crippen molar-refractivity contribution in [1.29, 1.82) is 0 Å². The third-order valence-corrected chi connectivity index (χ3v) is 3.30. The van der Waals surface area contributed by atoms with Gasteiger partial charge < -0.3 is 5.73 Å². The van der Waals surface area contributed by atoms with Crippen molar-refractivity contribution in [2.45, 2.75) is 26.3 Å². The number of rotatable bonds is 6. The Balaban J connectivity index is 2.78. The molecule has 1 unspecified atom stereocenters. The highest BCUT2D eigenvalue weighted by atomic mass is 32.2. The average Bonchev–Trinajstić information content (AvgIpc) is 2.26. The summed E-state index contributed by atoms with van der Waals surface area (Å²) in [6.07, 6.45) is 0.751. The Labute approximate surface area is 103 Å². The Hall–Kier alpha value is -1.11. The number of benzene rings is 1. The van der Waals surface area contributed by atoms with Crippen molar-refractivity contribution in [3.05, 3.63) is 29.8 Å². The number of hydrogen-bond donors (Lipinski definition) is 3. The van der Waals surface area contributed by atoms with Crippen LogP contribution in [0.3, 0.4) is 0 Å². The van der Waals surface area contributed by atoms with E-state index in [4.69, 9.17) is 5.73 Å². The Morgan fingerprint density at radius 2 is 2.12 bits per heavy atom. The zero-order valence-corrected chi connectivity index (χ0v) is 10.9. The molecular weight excluding hydrogens is 238 g/mol. The normalized spacial score (nSPS) is 13.4. The third-order valence-electron chi connectivity index (χ3n) is 2.21. The molecule has 0 radical (unpaired) electrons. The molecule has 6 heteroatoms. The van der Waals surface area contributed by atoms with Crippen molar-refractivity contribution >= 4 is 15.9 Å². The summed E-state index contributed by atoms with van der Waals surface area (Å²) in [7, 11) is -3.48. The number of anilines is 1. The van der Waals surface area contributed by atoms with Crippen LogP contribution in [-0.4, -0.2) is 15.0 Å². The van der Waals surface area contributed by atoms with Crippen LogP contribution in [0, 0.1) is 0 Å². The van der Waals surface area contributed by atoms with E-state index >= 15 is 0 Å². The second-order valence-electron chi connectivity index (χ2n) is 3.91. The molecule has 1 rings (SSSR count). The van der Waals surface area contributed by atoms with E-state index in [0.717, 1.165) is 12.0 Å². The van der Waals surface area contributed by atoms with Gasteiger partial charge >= 0.3 is 0 Å². The van der Waals surface area contributed by atoms with Crippen LogP contribution in [0.1, 0.15) is 31.9 Å². The molecule has 0 fully saturated rings. The highest BCUT2D eigenvalue weighted by Crippen LogP contribution is 2.16. The maximum Gasteiger partial charge on any atom is 0.299 e. The minimum atomic E-state index is -3.48. The van der Waals surface area contributed by atoms with E-state index < -0.39 is 10.2 Å². The zero-order valence-electron chi connectivity index (χ0n) is 10.1. The highest BCUT2D eigenvalue weighted by Gasteiger charge is 2.09. The molecule has 1 aromatic rings. The molecule has 0 aliphatic heterocycles.